The molecule has 1 aromatic heterocycles. The lowest BCUT2D eigenvalue weighted by Crippen LogP contribution is -2.26. The standard InChI is InChI=1S/C21H15FN4O3/c1-2-15-12-24-19(23)17(25-15)21(28)29-18(13-6-4-3-5-7-13)20(27)26-16-10-8-14(22)9-11-16/h1,3-12,18H,(H2,23,24)(H,26,27)/t18-/m1/s1. The van der Waals surface area contributed by atoms with E-state index < -0.39 is 23.8 Å². The lowest BCUT2D eigenvalue weighted by Gasteiger charge is -2.18. The highest BCUT2D eigenvalue weighted by atomic mass is 19.1. The van der Waals surface area contributed by atoms with E-state index in [1.165, 1.54) is 30.5 Å². The van der Waals surface area contributed by atoms with E-state index >= 15 is 0 Å². The van der Waals surface area contributed by atoms with E-state index in [-0.39, 0.29) is 17.2 Å². The van der Waals surface area contributed by atoms with Crippen LogP contribution in [-0.4, -0.2) is 21.8 Å². The predicted octanol–water partition coefficient (Wildman–Crippen LogP) is 2.72. The Bertz CT molecular complexity index is 1080. The fraction of sp³-hybridized carbons (Fsp3) is 0.0476. The summed E-state index contributed by atoms with van der Waals surface area (Å²) in [7, 11) is 0. The van der Waals surface area contributed by atoms with E-state index in [1.54, 1.807) is 30.3 Å². The van der Waals surface area contributed by atoms with Crippen LogP contribution in [0.5, 0.6) is 0 Å². The van der Waals surface area contributed by atoms with Crippen molar-refractivity contribution in [2.75, 3.05) is 11.1 Å². The molecule has 2 aromatic carbocycles. The van der Waals surface area contributed by atoms with Crippen molar-refractivity contribution in [2.45, 2.75) is 6.10 Å². The second-order valence-corrected chi connectivity index (χ2v) is 5.83. The van der Waals surface area contributed by atoms with Gasteiger partial charge in [0.1, 0.15) is 11.5 Å². The quantitative estimate of drug-likeness (QED) is 0.512. The minimum Gasteiger partial charge on any atom is -0.442 e. The van der Waals surface area contributed by atoms with Crippen molar-refractivity contribution in [3.05, 3.63) is 83.6 Å². The molecule has 7 nitrogen and oxygen atoms in total. The number of ether oxygens (including phenoxy) is 1. The largest absolute Gasteiger partial charge is 0.442 e. The van der Waals surface area contributed by atoms with E-state index in [1.807, 2.05) is 0 Å². The third-order valence-electron chi connectivity index (χ3n) is 3.82. The Morgan fingerprint density at radius 3 is 2.48 bits per heavy atom. The monoisotopic (exact) mass is 390 g/mol. The molecule has 0 aliphatic heterocycles. The fourth-order valence-electron chi connectivity index (χ4n) is 2.42. The molecule has 29 heavy (non-hydrogen) atoms. The fourth-order valence-corrected chi connectivity index (χ4v) is 2.42. The first-order chi connectivity index (χ1) is 14.0. The van der Waals surface area contributed by atoms with Gasteiger partial charge in [-0.1, -0.05) is 30.3 Å². The number of nitrogens with one attached hydrogen (secondary N) is 1. The lowest BCUT2D eigenvalue weighted by molar-refractivity contribution is -0.125. The van der Waals surface area contributed by atoms with Gasteiger partial charge in [-0.05, 0) is 30.2 Å². The number of nitrogens with zero attached hydrogens (tertiary/aromatic N) is 2. The Hall–Kier alpha value is -4.25. The number of benzene rings is 2. The molecular formula is C21H15FN4O3. The molecule has 0 spiro atoms. The van der Waals surface area contributed by atoms with Crippen LogP contribution in [0.25, 0.3) is 0 Å². The first-order valence-corrected chi connectivity index (χ1v) is 8.39. The van der Waals surface area contributed by atoms with Crippen molar-refractivity contribution < 1.29 is 18.7 Å². The van der Waals surface area contributed by atoms with Crippen LogP contribution in [-0.2, 0) is 9.53 Å². The number of aromatic nitrogens is 2. The van der Waals surface area contributed by atoms with Gasteiger partial charge in [0.15, 0.2) is 11.5 Å². The molecule has 8 heteroatoms. The molecule has 1 amide bonds. The van der Waals surface area contributed by atoms with Crippen molar-refractivity contribution in [1.82, 2.24) is 9.97 Å². The van der Waals surface area contributed by atoms with Gasteiger partial charge in [-0.3, -0.25) is 4.79 Å². The maximum Gasteiger partial charge on any atom is 0.361 e. The van der Waals surface area contributed by atoms with Crippen molar-refractivity contribution >= 4 is 23.4 Å². The zero-order chi connectivity index (χ0) is 20.8. The van der Waals surface area contributed by atoms with E-state index in [4.69, 9.17) is 16.9 Å². The molecule has 3 N–H and O–H groups in total. The molecular weight excluding hydrogens is 375 g/mol. The average molecular weight is 390 g/mol. The summed E-state index contributed by atoms with van der Waals surface area (Å²) in [6, 6.07) is 13.5. The highest BCUT2D eigenvalue weighted by Crippen LogP contribution is 2.22. The van der Waals surface area contributed by atoms with Crippen molar-refractivity contribution in [2.24, 2.45) is 0 Å². The normalized spacial score (nSPS) is 11.2. The van der Waals surface area contributed by atoms with Crippen molar-refractivity contribution in [3.63, 3.8) is 0 Å². The number of anilines is 2. The third kappa shape index (κ3) is 4.73. The number of nitrogen functional groups attached to an aromatic ring is 1. The predicted molar refractivity (Wildman–Crippen MR) is 104 cm³/mol. The first kappa shape index (κ1) is 19.5. The number of rotatable bonds is 5. The van der Waals surface area contributed by atoms with Gasteiger partial charge in [-0.2, -0.15) is 0 Å². The Morgan fingerprint density at radius 1 is 1.14 bits per heavy atom. The highest BCUT2D eigenvalue weighted by molar-refractivity contribution is 5.98. The third-order valence-corrected chi connectivity index (χ3v) is 3.82. The molecule has 0 radical (unpaired) electrons. The summed E-state index contributed by atoms with van der Waals surface area (Å²) in [6.07, 6.45) is 5.19. The molecule has 1 atom stereocenters. The van der Waals surface area contributed by atoms with Crippen LogP contribution in [0.1, 0.15) is 27.8 Å². The SMILES string of the molecule is C#Cc1cnc(N)c(C(=O)O[C@@H](C(=O)Nc2ccc(F)cc2)c2ccccc2)n1. The summed E-state index contributed by atoms with van der Waals surface area (Å²) in [5.41, 5.74) is 6.25. The summed E-state index contributed by atoms with van der Waals surface area (Å²) in [5.74, 6) is 0.0135. The number of carbonyl (C=O) groups excluding carboxylic acids is 2. The second kappa shape index (κ2) is 8.63. The van der Waals surface area contributed by atoms with Gasteiger partial charge < -0.3 is 15.8 Å². The number of halogens is 1. The molecule has 3 rings (SSSR count). The molecule has 0 unspecified atom stereocenters. The maximum absolute atomic E-state index is 13.1. The van der Waals surface area contributed by atoms with Crippen LogP contribution in [0.4, 0.5) is 15.9 Å². The Balaban J connectivity index is 1.88. The average Bonchev–Trinajstić information content (AvgIpc) is 2.74. The summed E-state index contributed by atoms with van der Waals surface area (Å²) >= 11 is 0. The molecule has 0 aliphatic rings. The van der Waals surface area contributed by atoms with Gasteiger partial charge in [-0.15, -0.1) is 6.42 Å². The Labute approximate surface area is 165 Å². The molecule has 0 aliphatic carbocycles. The van der Waals surface area contributed by atoms with Crippen molar-refractivity contribution in [1.29, 1.82) is 0 Å². The lowest BCUT2D eigenvalue weighted by atomic mass is 10.1. The van der Waals surface area contributed by atoms with Gasteiger partial charge in [0, 0.05) is 11.3 Å². The molecule has 144 valence electrons. The summed E-state index contributed by atoms with van der Waals surface area (Å²) < 4.78 is 18.5. The summed E-state index contributed by atoms with van der Waals surface area (Å²) in [6.45, 7) is 0. The van der Waals surface area contributed by atoms with Crippen LogP contribution in [0, 0.1) is 18.2 Å². The van der Waals surface area contributed by atoms with Crippen LogP contribution >= 0.6 is 0 Å². The summed E-state index contributed by atoms with van der Waals surface area (Å²) in [4.78, 5) is 33.1. The number of hydrogen-bond acceptors (Lipinski definition) is 6. The molecule has 0 bridgehead atoms. The minimum atomic E-state index is -1.32. The molecule has 0 saturated heterocycles. The number of hydrogen-bond donors (Lipinski definition) is 2. The molecule has 1 heterocycles. The zero-order valence-electron chi connectivity index (χ0n) is 15.0. The Kier molecular flexibility index (Phi) is 5.80. The highest BCUT2D eigenvalue weighted by Gasteiger charge is 2.27. The van der Waals surface area contributed by atoms with Crippen LogP contribution in [0.2, 0.25) is 0 Å². The van der Waals surface area contributed by atoms with Crippen LogP contribution < -0.4 is 11.1 Å². The number of nitrogens with two attached hydrogens (primary N) is 1. The molecule has 0 saturated carbocycles. The van der Waals surface area contributed by atoms with E-state index in [2.05, 4.69) is 21.2 Å². The number of terminal acetylenes is 1. The topological polar surface area (TPSA) is 107 Å². The van der Waals surface area contributed by atoms with Gasteiger partial charge in [0.05, 0.1) is 6.20 Å². The van der Waals surface area contributed by atoms with Crippen molar-refractivity contribution in [3.8, 4) is 12.3 Å². The van der Waals surface area contributed by atoms with Gasteiger partial charge in [0.2, 0.25) is 6.10 Å². The minimum absolute atomic E-state index is 0.0955. The van der Waals surface area contributed by atoms with Gasteiger partial charge in [-0.25, -0.2) is 19.2 Å². The van der Waals surface area contributed by atoms with Crippen LogP contribution in [0.3, 0.4) is 0 Å². The number of amides is 1. The molecule has 3 aromatic rings. The van der Waals surface area contributed by atoms with Gasteiger partial charge >= 0.3 is 5.97 Å². The smallest absolute Gasteiger partial charge is 0.361 e. The van der Waals surface area contributed by atoms with E-state index in [0.29, 0.717) is 11.3 Å². The van der Waals surface area contributed by atoms with Crippen LogP contribution in [0.15, 0.2) is 60.8 Å². The Morgan fingerprint density at radius 2 is 1.83 bits per heavy atom. The van der Waals surface area contributed by atoms with E-state index in [9.17, 15) is 14.0 Å². The first-order valence-electron chi connectivity index (χ1n) is 8.39. The second-order valence-electron chi connectivity index (χ2n) is 5.83. The van der Waals surface area contributed by atoms with Gasteiger partial charge in [0.25, 0.3) is 5.91 Å². The maximum atomic E-state index is 13.1. The molecule has 0 fully saturated rings. The number of carbonyl (C=O) groups is 2. The summed E-state index contributed by atoms with van der Waals surface area (Å²) in [5, 5.41) is 2.58. The zero-order valence-corrected chi connectivity index (χ0v) is 15.0. The van der Waals surface area contributed by atoms with E-state index in [0.717, 1.165) is 0 Å². The number of esters is 1.